The fraction of sp³-hybridized carbons (Fsp3) is 0.923. The molecule has 0 N–H and O–H groups in total. The molecule has 0 saturated heterocycles. The Balaban J connectivity index is 1.84. The van der Waals surface area contributed by atoms with Crippen LogP contribution >= 0.6 is 0 Å². The van der Waals surface area contributed by atoms with Gasteiger partial charge in [0.15, 0.2) is 0 Å². The van der Waals surface area contributed by atoms with Gasteiger partial charge in [0.05, 0.1) is 0 Å². The van der Waals surface area contributed by atoms with Gasteiger partial charge in [0.2, 0.25) is 0 Å². The molecule has 0 amide bonds. The zero-order chi connectivity index (χ0) is 10.1. The van der Waals surface area contributed by atoms with Gasteiger partial charge in [0.1, 0.15) is 5.78 Å². The van der Waals surface area contributed by atoms with Gasteiger partial charge in [-0.2, -0.15) is 0 Å². The first kappa shape index (κ1) is 10.2. The van der Waals surface area contributed by atoms with E-state index in [0.29, 0.717) is 11.7 Å². The zero-order valence-electron chi connectivity index (χ0n) is 9.46. The highest BCUT2D eigenvalue weighted by atomic mass is 16.1. The van der Waals surface area contributed by atoms with E-state index in [1.807, 2.05) is 0 Å². The highest BCUT2D eigenvalue weighted by molar-refractivity contribution is 5.80. The van der Waals surface area contributed by atoms with Gasteiger partial charge in [-0.25, -0.2) is 0 Å². The minimum Gasteiger partial charge on any atom is -0.299 e. The minimum atomic E-state index is 0.300. The summed E-state index contributed by atoms with van der Waals surface area (Å²) in [6.07, 6.45) is 7.53. The Morgan fingerprint density at radius 2 is 2.14 bits per heavy atom. The van der Waals surface area contributed by atoms with Crippen molar-refractivity contribution in [3.63, 3.8) is 0 Å². The summed E-state index contributed by atoms with van der Waals surface area (Å²) in [5, 5.41) is 0. The van der Waals surface area contributed by atoms with Crippen LogP contribution in [0.3, 0.4) is 0 Å². The third-order valence-electron chi connectivity index (χ3n) is 4.51. The van der Waals surface area contributed by atoms with Gasteiger partial charge in [-0.1, -0.05) is 20.3 Å². The smallest absolute Gasteiger partial charge is 0.135 e. The number of fused-ring (bicyclic) bond motifs is 2. The number of carbonyl (C=O) groups excluding carboxylic acids is 1. The summed E-state index contributed by atoms with van der Waals surface area (Å²) in [6, 6.07) is 0. The van der Waals surface area contributed by atoms with Crippen LogP contribution in [0.15, 0.2) is 0 Å². The average Bonchev–Trinajstić information content (AvgIpc) is 2.77. The maximum Gasteiger partial charge on any atom is 0.135 e. The van der Waals surface area contributed by atoms with Crippen LogP contribution in [0.2, 0.25) is 0 Å². The summed E-state index contributed by atoms with van der Waals surface area (Å²) in [6.45, 7) is 4.19. The first-order chi connectivity index (χ1) is 6.70. The van der Waals surface area contributed by atoms with Crippen molar-refractivity contribution in [1.29, 1.82) is 0 Å². The van der Waals surface area contributed by atoms with Crippen LogP contribution in [0.5, 0.6) is 0 Å². The Kier molecular flexibility index (Phi) is 2.94. The number of hydrogen-bond donors (Lipinski definition) is 0. The summed E-state index contributed by atoms with van der Waals surface area (Å²) in [4.78, 5) is 11.8. The first-order valence-corrected chi connectivity index (χ1v) is 6.23. The molecule has 2 aliphatic carbocycles. The fourth-order valence-electron chi connectivity index (χ4n) is 3.31. The second-order valence-corrected chi connectivity index (χ2v) is 5.41. The van der Waals surface area contributed by atoms with E-state index in [2.05, 4.69) is 13.8 Å². The van der Waals surface area contributed by atoms with Gasteiger partial charge in [-0.3, -0.25) is 4.79 Å². The van der Waals surface area contributed by atoms with Gasteiger partial charge < -0.3 is 0 Å². The molecular weight excluding hydrogens is 172 g/mol. The van der Waals surface area contributed by atoms with E-state index in [1.165, 1.54) is 25.7 Å². The molecule has 2 rings (SSSR count). The van der Waals surface area contributed by atoms with Crippen LogP contribution in [0.4, 0.5) is 0 Å². The van der Waals surface area contributed by atoms with Crippen molar-refractivity contribution in [2.24, 2.45) is 23.7 Å². The lowest BCUT2D eigenvalue weighted by Crippen LogP contribution is -2.19. The van der Waals surface area contributed by atoms with Crippen molar-refractivity contribution in [3.8, 4) is 0 Å². The molecule has 1 heteroatoms. The third kappa shape index (κ3) is 1.87. The molecule has 0 aromatic heterocycles. The number of carbonyl (C=O) groups is 1. The zero-order valence-corrected chi connectivity index (χ0v) is 9.46. The first-order valence-electron chi connectivity index (χ1n) is 6.23. The Hall–Kier alpha value is -0.330. The molecule has 0 radical (unpaired) electrons. The standard InChI is InChI=1S/C13H22O/c1-3-9(2)13(14)8-12-7-10-4-5-11(12)6-10/h9-12H,3-8H2,1-2H3. The van der Waals surface area contributed by atoms with Crippen LogP contribution in [0.1, 0.15) is 52.4 Å². The Labute approximate surface area is 87.3 Å². The monoisotopic (exact) mass is 194 g/mol. The highest BCUT2D eigenvalue weighted by Gasteiger charge is 2.40. The Morgan fingerprint density at radius 1 is 1.36 bits per heavy atom. The van der Waals surface area contributed by atoms with E-state index in [1.54, 1.807) is 0 Å². The third-order valence-corrected chi connectivity index (χ3v) is 4.51. The van der Waals surface area contributed by atoms with Crippen molar-refractivity contribution in [3.05, 3.63) is 0 Å². The molecular formula is C13H22O. The molecule has 0 aromatic rings. The molecule has 1 nitrogen and oxygen atoms in total. The summed E-state index contributed by atoms with van der Waals surface area (Å²) in [5.74, 6) is 3.47. The molecule has 2 saturated carbocycles. The second-order valence-electron chi connectivity index (χ2n) is 5.41. The Bertz CT molecular complexity index is 221. The number of rotatable bonds is 4. The SMILES string of the molecule is CCC(C)C(=O)CC1CC2CCC1C2. The van der Waals surface area contributed by atoms with Gasteiger partial charge in [0.25, 0.3) is 0 Å². The summed E-state index contributed by atoms with van der Waals surface area (Å²) in [5.41, 5.74) is 0. The second kappa shape index (κ2) is 4.04. The number of Topliss-reactive ketones (excluding diaryl/α,β-unsaturated/α-hetero) is 1. The van der Waals surface area contributed by atoms with Crippen molar-refractivity contribution in [2.75, 3.05) is 0 Å². The molecule has 0 heterocycles. The molecule has 0 aliphatic heterocycles. The molecule has 80 valence electrons. The largest absolute Gasteiger partial charge is 0.299 e. The maximum atomic E-state index is 11.8. The molecule has 14 heavy (non-hydrogen) atoms. The topological polar surface area (TPSA) is 17.1 Å². The highest BCUT2D eigenvalue weighted by Crippen LogP contribution is 2.49. The molecule has 0 aromatic carbocycles. The summed E-state index contributed by atoms with van der Waals surface area (Å²) >= 11 is 0. The number of hydrogen-bond acceptors (Lipinski definition) is 1. The lowest BCUT2D eigenvalue weighted by Gasteiger charge is -2.21. The predicted molar refractivity (Wildman–Crippen MR) is 58.0 cm³/mol. The summed E-state index contributed by atoms with van der Waals surface area (Å²) < 4.78 is 0. The van der Waals surface area contributed by atoms with E-state index >= 15 is 0 Å². The average molecular weight is 194 g/mol. The molecule has 2 fully saturated rings. The van der Waals surface area contributed by atoms with Crippen molar-refractivity contribution in [1.82, 2.24) is 0 Å². The lowest BCUT2D eigenvalue weighted by atomic mass is 9.83. The van der Waals surface area contributed by atoms with E-state index in [0.717, 1.165) is 30.6 Å². The van der Waals surface area contributed by atoms with Gasteiger partial charge in [-0.05, 0) is 43.4 Å². The van der Waals surface area contributed by atoms with E-state index in [9.17, 15) is 4.79 Å². The Morgan fingerprint density at radius 3 is 2.64 bits per heavy atom. The molecule has 4 unspecified atom stereocenters. The molecule has 2 aliphatic rings. The van der Waals surface area contributed by atoms with Crippen LogP contribution in [-0.2, 0) is 4.79 Å². The summed E-state index contributed by atoms with van der Waals surface area (Å²) in [7, 11) is 0. The van der Waals surface area contributed by atoms with Crippen LogP contribution in [0.25, 0.3) is 0 Å². The molecule has 4 atom stereocenters. The number of ketones is 1. The molecule has 2 bridgehead atoms. The normalized spacial score (nSPS) is 37.4. The van der Waals surface area contributed by atoms with Gasteiger partial charge in [0, 0.05) is 12.3 Å². The minimum absolute atomic E-state index is 0.300. The van der Waals surface area contributed by atoms with Gasteiger partial charge >= 0.3 is 0 Å². The van der Waals surface area contributed by atoms with Crippen LogP contribution < -0.4 is 0 Å². The van der Waals surface area contributed by atoms with E-state index in [4.69, 9.17) is 0 Å². The lowest BCUT2D eigenvalue weighted by molar-refractivity contribution is -0.123. The van der Waals surface area contributed by atoms with Crippen LogP contribution in [0, 0.1) is 23.7 Å². The van der Waals surface area contributed by atoms with Crippen molar-refractivity contribution < 1.29 is 4.79 Å². The molecule has 0 spiro atoms. The quantitative estimate of drug-likeness (QED) is 0.670. The van der Waals surface area contributed by atoms with Crippen molar-refractivity contribution >= 4 is 5.78 Å². The van der Waals surface area contributed by atoms with E-state index in [-0.39, 0.29) is 0 Å². The van der Waals surface area contributed by atoms with Crippen molar-refractivity contribution in [2.45, 2.75) is 52.4 Å². The maximum absolute atomic E-state index is 11.8. The van der Waals surface area contributed by atoms with Gasteiger partial charge in [-0.15, -0.1) is 0 Å². The predicted octanol–water partition coefficient (Wildman–Crippen LogP) is 3.43. The fourth-order valence-corrected chi connectivity index (χ4v) is 3.31. The van der Waals surface area contributed by atoms with E-state index < -0.39 is 0 Å². The van der Waals surface area contributed by atoms with Crippen LogP contribution in [-0.4, -0.2) is 5.78 Å².